The third-order valence-corrected chi connectivity index (χ3v) is 4.16. The SMILES string of the molecule is C=CC[C@](CCC#CC[C@@](CC=C)(NC(C)=O)C(=O)OC)(NC(C)=O)C(=O)OC. The third-order valence-electron chi connectivity index (χ3n) is 4.16. The van der Waals surface area contributed by atoms with Crippen molar-refractivity contribution < 1.29 is 28.7 Å². The van der Waals surface area contributed by atoms with Crippen molar-refractivity contribution in [2.45, 2.75) is 57.0 Å². The van der Waals surface area contributed by atoms with Gasteiger partial charge in [-0.3, -0.25) is 9.59 Å². The minimum absolute atomic E-state index is 0.00189. The topological polar surface area (TPSA) is 111 Å². The monoisotopic (exact) mass is 406 g/mol. The second-order valence-corrected chi connectivity index (χ2v) is 6.53. The van der Waals surface area contributed by atoms with Gasteiger partial charge >= 0.3 is 11.9 Å². The van der Waals surface area contributed by atoms with Crippen molar-refractivity contribution in [3.05, 3.63) is 25.3 Å². The van der Waals surface area contributed by atoms with Gasteiger partial charge in [-0.05, 0) is 19.3 Å². The van der Waals surface area contributed by atoms with E-state index < -0.39 is 28.9 Å². The summed E-state index contributed by atoms with van der Waals surface area (Å²) in [5.74, 6) is 3.72. The lowest BCUT2D eigenvalue weighted by atomic mass is 9.88. The van der Waals surface area contributed by atoms with Gasteiger partial charge < -0.3 is 20.1 Å². The van der Waals surface area contributed by atoms with Crippen LogP contribution in [0.2, 0.25) is 0 Å². The lowest BCUT2D eigenvalue weighted by Gasteiger charge is -2.30. The largest absolute Gasteiger partial charge is 0.467 e. The molecule has 0 aliphatic carbocycles. The van der Waals surface area contributed by atoms with Crippen LogP contribution in [-0.4, -0.2) is 49.1 Å². The molecule has 0 radical (unpaired) electrons. The molecule has 0 aromatic heterocycles. The number of amides is 2. The fraction of sp³-hybridized carbons (Fsp3) is 0.524. The van der Waals surface area contributed by atoms with Crippen molar-refractivity contribution in [2.75, 3.05) is 14.2 Å². The fourth-order valence-electron chi connectivity index (χ4n) is 2.96. The Morgan fingerprint density at radius 2 is 1.31 bits per heavy atom. The molecule has 160 valence electrons. The quantitative estimate of drug-likeness (QED) is 0.305. The molecule has 0 fully saturated rings. The predicted octanol–water partition coefficient (Wildman–Crippen LogP) is 1.41. The minimum atomic E-state index is -1.34. The number of methoxy groups -OCH3 is 2. The van der Waals surface area contributed by atoms with Crippen LogP contribution in [0.1, 0.15) is 46.0 Å². The van der Waals surface area contributed by atoms with Gasteiger partial charge in [0.2, 0.25) is 11.8 Å². The molecular formula is C21H30N2O6. The van der Waals surface area contributed by atoms with Gasteiger partial charge in [-0.2, -0.15) is 0 Å². The van der Waals surface area contributed by atoms with Crippen molar-refractivity contribution >= 4 is 23.8 Å². The van der Waals surface area contributed by atoms with Gasteiger partial charge in [0, 0.05) is 26.7 Å². The highest BCUT2D eigenvalue weighted by atomic mass is 16.5. The molecule has 0 heterocycles. The van der Waals surface area contributed by atoms with E-state index in [4.69, 9.17) is 9.47 Å². The van der Waals surface area contributed by atoms with E-state index in [0.717, 1.165) is 0 Å². The molecule has 0 rings (SSSR count). The number of hydrogen-bond acceptors (Lipinski definition) is 6. The van der Waals surface area contributed by atoms with Crippen molar-refractivity contribution in [3.63, 3.8) is 0 Å². The second-order valence-electron chi connectivity index (χ2n) is 6.53. The zero-order valence-electron chi connectivity index (χ0n) is 17.6. The molecule has 2 atom stereocenters. The number of nitrogens with one attached hydrogen (secondary N) is 2. The number of esters is 2. The number of carbonyl (C=O) groups is 4. The van der Waals surface area contributed by atoms with Crippen LogP contribution in [0, 0.1) is 11.8 Å². The molecule has 0 spiro atoms. The molecule has 29 heavy (non-hydrogen) atoms. The second kappa shape index (κ2) is 12.4. The molecule has 0 aliphatic rings. The van der Waals surface area contributed by atoms with Gasteiger partial charge in [-0.15, -0.1) is 25.0 Å². The molecule has 0 aromatic rings. The van der Waals surface area contributed by atoms with Crippen LogP contribution in [0.15, 0.2) is 25.3 Å². The van der Waals surface area contributed by atoms with Crippen LogP contribution >= 0.6 is 0 Å². The van der Waals surface area contributed by atoms with E-state index in [1.54, 1.807) is 0 Å². The van der Waals surface area contributed by atoms with Crippen molar-refractivity contribution in [1.29, 1.82) is 0 Å². The summed E-state index contributed by atoms with van der Waals surface area (Å²) in [4.78, 5) is 47.6. The molecule has 0 saturated carbocycles. The molecule has 0 saturated heterocycles. The standard InChI is InChI=1S/C21H30N2O6/c1-7-12-20(18(26)28-5,22-16(3)24)14-10-9-11-15-21(13-8-2,19(27)29-6)23-17(4)25/h7-8H,1-2,10,12-15H2,3-6H3,(H,22,24)(H,23,25)/t20-,21-/m1/s1. The van der Waals surface area contributed by atoms with Gasteiger partial charge in [0.1, 0.15) is 5.54 Å². The predicted molar refractivity (Wildman–Crippen MR) is 108 cm³/mol. The van der Waals surface area contributed by atoms with Gasteiger partial charge in [-0.25, -0.2) is 9.59 Å². The van der Waals surface area contributed by atoms with Crippen molar-refractivity contribution in [3.8, 4) is 11.8 Å². The summed E-state index contributed by atoms with van der Waals surface area (Å²) in [6, 6.07) is 0. The Hall–Kier alpha value is -3.08. The molecule has 2 N–H and O–H groups in total. The molecule has 0 unspecified atom stereocenters. The van der Waals surface area contributed by atoms with E-state index in [1.807, 2.05) is 0 Å². The molecule has 0 bridgehead atoms. The fourth-order valence-corrected chi connectivity index (χ4v) is 2.96. The van der Waals surface area contributed by atoms with E-state index in [9.17, 15) is 19.2 Å². The summed E-state index contributed by atoms with van der Waals surface area (Å²) in [5, 5.41) is 5.22. The molecule has 8 heteroatoms. The van der Waals surface area contributed by atoms with E-state index >= 15 is 0 Å². The van der Waals surface area contributed by atoms with Gasteiger partial charge in [0.25, 0.3) is 0 Å². The molecular weight excluding hydrogens is 376 g/mol. The van der Waals surface area contributed by atoms with E-state index in [1.165, 1.54) is 40.2 Å². The summed E-state index contributed by atoms with van der Waals surface area (Å²) >= 11 is 0. The van der Waals surface area contributed by atoms with Gasteiger partial charge in [0.15, 0.2) is 5.54 Å². The van der Waals surface area contributed by atoms with Crippen LogP contribution in [-0.2, 0) is 28.7 Å². The Bertz CT molecular complexity index is 706. The maximum absolute atomic E-state index is 12.3. The highest BCUT2D eigenvalue weighted by molar-refractivity contribution is 5.88. The first kappa shape index (κ1) is 25.9. The molecule has 0 aliphatic heterocycles. The van der Waals surface area contributed by atoms with Crippen LogP contribution in [0.5, 0.6) is 0 Å². The summed E-state index contributed by atoms with van der Waals surface area (Å²) in [5.41, 5.74) is -2.61. The van der Waals surface area contributed by atoms with E-state index in [2.05, 4.69) is 35.6 Å². The Kier molecular flexibility index (Phi) is 11.1. The maximum Gasteiger partial charge on any atom is 0.332 e. The molecule has 0 aromatic carbocycles. The van der Waals surface area contributed by atoms with Crippen molar-refractivity contribution in [1.82, 2.24) is 10.6 Å². The maximum atomic E-state index is 12.3. The summed E-state index contributed by atoms with van der Waals surface area (Å²) < 4.78 is 9.65. The smallest absolute Gasteiger partial charge is 0.332 e. The first-order chi connectivity index (χ1) is 13.6. The van der Waals surface area contributed by atoms with Crippen LogP contribution in [0.25, 0.3) is 0 Å². The molecule has 2 amide bonds. The number of hydrogen-bond donors (Lipinski definition) is 2. The highest BCUT2D eigenvalue weighted by Gasteiger charge is 2.40. The van der Waals surface area contributed by atoms with Gasteiger partial charge in [-0.1, -0.05) is 12.2 Å². The minimum Gasteiger partial charge on any atom is -0.467 e. The average molecular weight is 406 g/mol. The Balaban J connectivity index is 5.50. The third kappa shape index (κ3) is 7.82. The molecule has 8 nitrogen and oxygen atoms in total. The highest BCUT2D eigenvalue weighted by Crippen LogP contribution is 2.21. The Morgan fingerprint density at radius 1 is 0.862 bits per heavy atom. The average Bonchev–Trinajstić information content (AvgIpc) is 2.65. The van der Waals surface area contributed by atoms with E-state index in [0.29, 0.717) is 0 Å². The van der Waals surface area contributed by atoms with Crippen LogP contribution < -0.4 is 10.6 Å². The zero-order valence-corrected chi connectivity index (χ0v) is 17.6. The van der Waals surface area contributed by atoms with Gasteiger partial charge in [0.05, 0.1) is 14.2 Å². The zero-order chi connectivity index (χ0) is 22.5. The summed E-state index contributed by atoms with van der Waals surface area (Å²) in [7, 11) is 2.46. The van der Waals surface area contributed by atoms with Crippen LogP contribution in [0.4, 0.5) is 0 Å². The number of carbonyl (C=O) groups excluding carboxylic acids is 4. The lowest BCUT2D eigenvalue weighted by Crippen LogP contribution is -2.54. The summed E-state index contributed by atoms with van der Waals surface area (Å²) in [6.07, 6.45) is 3.75. The summed E-state index contributed by atoms with van der Waals surface area (Å²) in [6.45, 7) is 9.84. The van der Waals surface area contributed by atoms with Crippen molar-refractivity contribution in [2.24, 2.45) is 0 Å². The number of ether oxygens (including phenoxy) is 2. The van der Waals surface area contributed by atoms with E-state index in [-0.39, 0.29) is 38.0 Å². The first-order valence-electron chi connectivity index (χ1n) is 9.05. The first-order valence-corrected chi connectivity index (χ1v) is 9.05. The normalized spacial score (nSPS) is 13.9. The van der Waals surface area contributed by atoms with Crippen LogP contribution in [0.3, 0.4) is 0 Å². The lowest BCUT2D eigenvalue weighted by molar-refractivity contribution is -0.151. The number of rotatable bonds is 11. The Morgan fingerprint density at radius 3 is 1.76 bits per heavy atom. The Labute approximate surface area is 172 Å².